The minimum Gasteiger partial charge on any atom is -0.385 e. The Kier molecular flexibility index (Phi) is 8.04. The predicted octanol–water partition coefficient (Wildman–Crippen LogP) is 0.625. The molecule has 1 aromatic rings. The lowest BCUT2D eigenvalue weighted by Gasteiger charge is -2.20. The average molecular weight is 293 g/mol. The molecule has 1 heterocycles. The van der Waals surface area contributed by atoms with Crippen LogP contribution in [0.5, 0.6) is 0 Å². The second kappa shape index (κ2) is 9.88. The van der Waals surface area contributed by atoms with E-state index >= 15 is 0 Å². The van der Waals surface area contributed by atoms with Crippen molar-refractivity contribution in [2.24, 2.45) is 0 Å². The number of carbonyl (C=O) groups is 2. The van der Waals surface area contributed by atoms with E-state index in [4.69, 9.17) is 4.74 Å². The van der Waals surface area contributed by atoms with Crippen LogP contribution in [-0.4, -0.2) is 55.0 Å². The van der Waals surface area contributed by atoms with E-state index < -0.39 is 11.8 Å². The largest absolute Gasteiger partial charge is 0.385 e. The van der Waals surface area contributed by atoms with Crippen LogP contribution in [0.3, 0.4) is 0 Å². The molecule has 0 unspecified atom stereocenters. The van der Waals surface area contributed by atoms with Crippen LogP contribution in [0.25, 0.3) is 0 Å². The first-order valence-electron chi connectivity index (χ1n) is 7.14. The number of aromatic nitrogens is 1. The summed E-state index contributed by atoms with van der Waals surface area (Å²) < 4.78 is 4.89. The summed E-state index contributed by atoms with van der Waals surface area (Å²) in [6.07, 6.45) is 4.84. The number of amides is 2. The van der Waals surface area contributed by atoms with Gasteiger partial charge in [0.1, 0.15) is 0 Å². The molecule has 0 aliphatic carbocycles. The Labute approximate surface area is 125 Å². The van der Waals surface area contributed by atoms with Crippen molar-refractivity contribution in [2.45, 2.75) is 19.8 Å². The van der Waals surface area contributed by atoms with E-state index in [2.05, 4.69) is 10.3 Å². The molecular formula is C15H23N3O3. The minimum atomic E-state index is -0.553. The molecule has 0 atom stereocenters. The molecule has 1 aromatic heterocycles. The van der Waals surface area contributed by atoms with E-state index in [1.165, 1.54) is 0 Å². The molecule has 6 nitrogen and oxygen atoms in total. The van der Waals surface area contributed by atoms with Gasteiger partial charge in [0.2, 0.25) is 0 Å². The predicted molar refractivity (Wildman–Crippen MR) is 79.7 cm³/mol. The fourth-order valence-corrected chi connectivity index (χ4v) is 1.85. The van der Waals surface area contributed by atoms with Crippen molar-refractivity contribution >= 4 is 11.8 Å². The molecule has 0 radical (unpaired) electrons. The van der Waals surface area contributed by atoms with E-state index in [9.17, 15) is 9.59 Å². The van der Waals surface area contributed by atoms with Gasteiger partial charge in [-0.25, -0.2) is 0 Å². The monoisotopic (exact) mass is 293 g/mol. The van der Waals surface area contributed by atoms with Crippen LogP contribution in [-0.2, 0) is 20.7 Å². The summed E-state index contributed by atoms with van der Waals surface area (Å²) in [6, 6.07) is 3.81. The zero-order chi connectivity index (χ0) is 15.5. The fourth-order valence-electron chi connectivity index (χ4n) is 1.85. The SMILES string of the molecule is CCN(CCc1ccncc1)C(=O)C(=O)NCCCOC. The zero-order valence-electron chi connectivity index (χ0n) is 12.7. The number of likely N-dealkylation sites (N-methyl/N-ethyl adjacent to an activating group) is 1. The van der Waals surface area contributed by atoms with Gasteiger partial charge in [-0.3, -0.25) is 14.6 Å². The summed E-state index contributed by atoms with van der Waals surface area (Å²) in [5, 5.41) is 2.61. The highest BCUT2D eigenvalue weighted by molar-refractivity contribution is 6.34. The summed E-state index contributed by atoms with van der Waals surface area (Å²) in [5.41, 5.74) is 1.09. The smallest absolute Gasteiger partial charge is 0.311 e. The molecule has 0 saturated carbocycles. The van der Waals surface area contributed by atoms with Crippen molar-refractivity contribution in [2.75, 3.05) is 33.4 Å². The summed E-state index contributed by atoms with van der Waals surface area (Å²) in [6.45, 7) is 3.90. The van der Waals surface area contributed by atoms with Crippen LogP contribution < -0.4 is 5.32 Å². The maximum absolute atomic E-state index is 12.0. The van der Waals surface area contributed by atoms with Crippen LogP contribution >= 0.6 is 0 Å². The highest BCUT2D eigenvalue weighted by atomic mass is 16.5. The molecule has 0 aliphatic rings. The number of hydrogen-bond acceptors (Lipinski definition) is 4. The second-order valence-corrected chi connectivity index (χ2v) is 4.59. The molecule has 0 fully saturated rings. The lowest BCUT2D eigenvalue weighted by atomic mass is 10.2. The number of methoxy groups -OCH3 is 1. The molecule has 1 N–H and O–H groups in total. The van der Waals surface area contributed by atoms with E-state index in [1.807, 2.05) is 19.1 Å². The van der Waals surface area contributed by atoms with Crippen LogP contribution in [0.2, 0.25) is 0 Å². The van der Waals surface area contributed by atoms with Gasteiger partial charge in [0, 0.05) is 45.7 Å². The summed E-state index contributed by atoms with van der Waals surface area (Å²) in [5.74, 6) is -1.04. The summed E-state index contributed by atoms with van der Waals surface area (Å²) >= 11 is 0. The fraction of sp³-hybridized carbons (Fsp3) is 0.533. The third-order valence-corrected chi connectivity index (χ3v) is 3.09. The van der Waals surface area contributed by atoms with Gasteiger partial charge in [-0.15, -0.1) is 0 Å². The van der Waals surface area contributed by atoms with E-state index in [-0.39, 0.29) is 0 Å². The van der Waals surface area contributed by atoms with Gasteiger partial charge < -0.3 is 15.0 Å². The Hall–Kier alpha value is -1.95. The molecular weight excluding hydrogens is 270 g/mol. The topological polar surface area (TPSA) is 71.5 Å². The first-order chi connectivity index (χ1) is 10.2. The Bertz CT molecular complexity index is 437. The lowest BCUT2D eigenvalue weighted by molar-refractivity contribution is -0.145. The molecule has 1 rings (SSSR count). The van der Waals surface area contributed by atoms with Gasteiger partial charge >= 0.3 is 11.8 Å². The van der Waals surface area contributed by atoms with Crippen molar-refractivity contribution < 1.29 is 14.3 Å². The Morgan fingerprint density at radius 3 is 2.67 bits per heavy atom. The Morgan fingerprint density at radius 2 is 2.05 bits per heavy atom. The van der Waals surface area contributed by atoms with Crippen molar-refractivity contribution in [3.63, 3.8) is 0 Å². The Morgan fingerprint density at radius 1 is 1.33 bits per heavy atom. The van der Waals surface area contributed by atoms with Crippen LogP contribution in [0.1, 0.15) is 18.9 Å². The van der Waals surface area contributed by atoms with Gasteiger partial charge in [-0.2, -0.15) is 0 Å². The number of carbonyl (C=O) groups excluding carboxylic acids is 2. The third-order valence-electron chi connectivity index (χ3n) is 3.09. The van der Waals surface area contributed by atoms with Crippen molar-refractivity contribution in [3.05, 3.63) is 30.1 Å². The standard InChI is InChI=1S/C15H23N3O3/c1-3-18(11-7-13-5-9-16-10-6-13)15(20)14(19)17-8-4-12-21-2/h5-6,9-10H,3-4,7-8,11-12H2,1-2H3,(H,17,19). The molecule has 0 aromatic carbocycles. The highest BCUT2D eigenvalue weighted by Crippen LogP contribution is 2.00. The number of pyridine rings is 1. The molecule has 0 spiro atoms. The van der Waals surface area contributed by atoms with Crippen molar-refractivity contribution in [1.82, 2.24) is 15.2 Å². The highest BCUT2D eigenvalue weighted by Gasteiger charge is 2.19. The number of ether oxygens (including phenoxy) is 1. The van der Waals surface area contributed by atoms with Gasteiger partial charge in [0.15, 0.2) is 0 Å². The number of nitrogens with zero attached hydrogens (tertiary/aromatic N) is 2. The zero-order valence-corrected chi connectivity index (χ0v) is 12.7. The normalized spacial score (nSPS) is 10.2. The van der Waals surface area contributed by atoms with Gasteiger partial charge in [-0.1, -0.05) is 0 Å². The number of hydrogen-bond donors (Lipinski definition) is 1. The second-order valence-electron chi connectivity index (χ2n) is 4.59. The molecule has 116 valence electrons. The molecule has 0 saturated heterocycles. The van der Waals surface area contributed by atoms with Gasteiger partial charge in [-0.05, 0) is 37.5 Å². The maximum Gasteiger partial charge on any atom is 0.311 e. The van der Waals surface area contributed by atoms with Crippen LogP contribution in [0.4, 0.5) is 0 Å². The third kappa shape index (κ3) is 6.35. The van der Waals surface area contributed by atoms with Crippen LogP contribution in [0, 0.1) is 0 Å². The van der Waals surface area contributed by atoms with Gasteiger partial charge in [0.05, 0.1) is 0 Å². The molecule has 21 heavy (non-hydrogen) atoms. The maximum atomic E-state index is 12.0. The average Bonchev–Trinajstić information content (AvgIpc) is 2.52. The molecule has 2 amide bonds. The summed E-state index contributed by atoms with van der Waals surface area (Å²) in [7, 11) is 1.60. The molecule has 0 bridgehead atoms. The number of rotatable bonds is 8. The number of nitrogens with one attached hydrogen (secondary N) is 1. The lowest BCUT2D eigenvalue weighted by Crippen LogP contribution is -2.44. The van der Waals surface area contributed by atoms with E-state index in [0.29, 0.717) is 39.1 Å². The molecule has 6 heteroatoms. The van der Waals surface area contributed by atoms with Gasteiger partial charge in [0.25, 0.3) is 0 Å². The first kappa shape index (κ1) is 17.1. The quantitative estimate of drug-likeness (QED) is 0.563. The first-order valence-corrected chi connectivity index (χ1v) is 7.14. The Balaban J connectivity index is 2.39. The van der Waals surface area contributed by atoms with Crippen LogP contribution in [0.15, 0.2) is 24.5 Å². The van der Waals surface area contributed by atoms with Crippen molar-refractivity contribution in [1.29, 1.82) is 0 Å². The summed E-state index contributed by atoms with van der Waals surface area (Å²) in [4.78, 5) is 29.3. The minimum absolute atomic E-state index is 0.445. The van der Waals surface area contributed by atoms with E-state index in [0.717, 1.165) is 5.56 Å². The van der Waals surface area contributed by atoms with E-state index in [1.54, 1.807) is 24.4 Å². The van der Waals surface area contributed by atoms with Crippen molar-refractivity contribution in [3.8, 4) is 0 Å². The molecule has 0 aliphatic heterocycles.